The summed E-state index contributed by atoms with van der Waals surface area (Å²) in [6.45, 7) is 0.290. The number of esters is 3. The van der Waals surface area contributed by atoms with Crippen LogP contribution < -0.4 is 0 Å². The second kappa shape index (κ2) is 10.1. The molecule has 0 aliphatic carbocycles. The van der Waals surface area contributed by atoms with Crippen molar-refractivity contribution in [3.05, 3.63) is 35.9 Å². The lowest BCUT2D eigenvalue weighted by Crippen LogP contribution is -2.19. The maximum atomic E-state index is 11.5. The fraction of sp³-hybridized carbons (Fsp3) is 0.375. The van der Waals surface area contributed by atoms with Crippen LogP contribution in [0.1, 0.15) is 25.3 Å². The smallest absolute Gasteiger partial charge is 0.344 e. The summed E-state index contributed by atoms with van der Waals surface area (Å²) < 4.78 is 14.0. The molecule has 0 heterocycles. The molecule has 23 heavy (non-hydrogen) atoms. The Morgan fingerprint density at radius 3 is 2.17 bits per heavy atom. The zero-order valence-corrected chi connectivity index (χ0v) is 12.8. The fourth-order valence-corrected chi connectivity index (χ4v) is 1.49. The Morgan fingerprint density at radius 2 is 1.52 bits per heavy atom. The van der Waals surface area contributed by atoms with Crippen LogP contribution in [0.2, 0.25) is 0 Å². The number of rotatable bonds is 9. The van der Waals surface area contributed by atoms with Gasteiger partial charge in [0.15, 0.2) is 12.4 Å². The summed E-state index contributed by atoms with van der Waals surface area (Å²) in [4.78, 5) is 44.6. The van der Waals surface area contributed by atoms with Crippen molar-refractivity contribution in [2.24, 2.45) is 0 Å². The molecule has 0 aliphatic rings. The molecule has 1 rings (SSSR count). The van der Waals surface area contributed by atoms with E-state index < -0.39 is 36.9 Å². The van der Waals surface area contributed by atoms with Crippen molar-refractivity contribution in [1.82, 2.24) is 0 Å². The van der Waals surface area contributed by atoms with Gasteiger partial charge in [0, 0.05) is 13.3 Å². The van der Waals surface area contributed by atoms with E-state index in [1.54, 1.807) is 0 Å². The van der Waals surface area contributed by atoms with Crippen molar-refractivity contribution < 1.29 is 33.4 Å². The number of hydrogen-bond donors (Lipinski definition) is 0. The lowest BCUT2D eigenvalue weighted by atomic mass is 10.2. The van der Waals surface area contributed by atoms with Crippen LogP contribution >= 0.6 is 0 Å². The molecule has 7 heteroatoms. The first-order valence-corrected chi connectivity index (χ1v) is 6.97. The second-order valence-corrected chi connectivity index (χ2v) is 4.63. The largest absolute Gasteiger partial charge is 0.461 e. The Bertz CT molecular complexity index is 551. The van der Waals surface area contributed by atoms with Crippen LogP contribution in [-0.2, 0) is 40.0 Å². The number of carbonyl (C=O) groups is 4. The number of benzene rings is 1. The quantitative estimate of drug-likeness (QED) is 0.497. The Labute approximate surface area is 133 Å². The lowest BCUT2D eigenvalue weighted by molar-refractivity contribution is -0.159. The van der Waals surface area contributed by atoms with Gasteiger partial charge in [-0.2, -0.15) is 0 Å². The highest BCUT2D eigenvalue weighted by atomic mass is 16.6. The van der Waals surface area contributed by atoms with Gasteiger partial charge in [-0.1, -0.05) is 30.3 Å². The van der Waals surface area contributed by atoms with Gasteiger partial charge < -0.3 is 14.2 Å². The van der Waals surface area contributed by atoms with Crippen molar-refractivity contribution in [2.45, 2.75) is 26.4 Å². The van der Waals surface area contributed by atoms with Crippen LogP contribution in [0.4, 0.5) is 0 Å². The molecule has 0 saturated heterocycles. The maximum Gasteiger partial charge on any atom is 0.344 e. The van der Waals surface area contributed by atoms with Crippen LogP contribution in [0.15, 0.2) is 30.3 Å². The van der Waals surface area contributed by atoms with E-state index in [2.05, 4.69) is 9.47 Å². The molecule has 0 atom stereocenters. The van der Waals surface area contributed by atoms with Gasteiger partial charge in [-0.05, 0) is 5.56 Å². The van der Waals surface area contributed by atoms with Crippen molar-refractivity contribution in [3.8, 4) is 0 Å². The van der Waals surface area contributed by atoms with Crippen LogP contribution in [-0.4, -0.2) is 36.9 Å². The number of Topliss-reactive ketones (excluding diaryl/α,β-unsaturated/α-hetero) is 1. The zero-order valence-electron chi connectivity index (χ0n) is 12.8. The third-order valence-electron chi connectivity index (χ3n) is 2.64. The molecule has 0 aromatic heterocycles. The van der Waals surface area contributed by atoms with E-state index in [-0.39, 0.29) is 19.4 Å². The molecule has 7 nitrogen and oxygen atoms in total. The molecule has 0 fully saturated rings. The Hall–Kier alpha value is -2.70. The summed E-state index contributed by atoms with van der Waals surface area (Å²) in [5.74, 6) is -2.36. The van der Waals surface area contributed by atoms with Gasteiger partial charge in [0.25, 0.3) is 0 Å². The van der Waals surface area contributed by atoms with Crippen LogP contribution in [0, 0.1) is 0 Å². The molecule has 0 spiro atoms. The number of carbonyl (C=O) groups excluding carboxylic acids is 4. The van der Waals surface area contributed by atoms with E-state index in [1.165, 1.54) is 0 Å². The first kappa shape index (κ1) is 18.3. The predicted octanol–water partition coefficient (Wildman–Crippen LogP) is 1.19. The van der Waals surface area contributed by atoms with Crippen LogP contribution in [0.25, 0.3) is 0 Å². The molecular weight excluding hydrogens is 304 g/mol. The van der Waals surface area contributed by atoms with E-state index in [0.29, 0.717) is 0 Å². The number of hydrogen-bond acceptors (Lipinski definition) is 7. The zero-order chi connectivity index (χ0) is 17.1. The highest BCUT2D eigenvalue weighted by molar-refractivity contribution is 5.85. The summed E-state index contributed by atoms with van der Waals surface area (Å²) in [5, 5.41) is 0. The van der Waals surface area contributed by atoms with Gasteiger partial charge in [0.2, 0.25) is 0 Å². The van der Waals surface area contributed by atoms with Crippen molar-refractivity contribution in [1.29, 1.82) is 0 Å². The van der Waals surface area contributed by atoms with Crippen LogP contribution in [0.3, 0.4) is 0 Å². The minimum absolute atomic E-state index is 0.0888. The predicted molar refractivity (Wildman–Crippen MR) is 78.1 cm³/mol. The average molecular weight is 322 g/mol. The van der Waals surface area contributed by atoms with Gasteiger partial charge >= 0.3 is 17.9 Å². The first-order chi connectivity index (χ1) is 11.0. The molecule has 0 unspecified atom stereocenters. The monoisotopic (exact) mass is 322 g/mol. The first-order valence-electron chi connectivity index (χ1n) is 6.97. The Kier molecular flexibility index (Phi) is 8.06. The third kappa shape index (κ3) is 9.02. The van der Waals surface area contributed by atoms with Gasteiger partial charge in [-0.3, -0.25) is 14.4 Å². The molecule has 0 amide bonds. The van der Waals surface area contributed by atoms with Crippen molar-refractivity contribution >= 4 is 23.7 Å². The van der Waals surface area contributed by atoms with E-state index in [4.69, 9.17) is 4.74 Å². The third-order valence-corrected chi connectivity index (χ3v) is 2.64. The average Bonchev–Trinajstić information content (AvgIpc) is 2.55. The number of ketones is 1. The van der Waals surface area contributed by atoms with E-state index in [1.807, 2.05) is 30.3 Å². The second-order valence-electron chi connectivity index (χ2n) is 4.63. The normalized spacial score (nSPS) is 9.78. The Balaban J connectivity index is 2.14. The lowest BCUT2D eigenvalue weighted by Gasteiger charge is -2.06. The van der Waals surface area contributed by atoms with E-state index in [9.17, 15) is 19.2 Å². The Morgan fingerprint density at radius 1 is 0.826 bits per heavy atom. The van der Waals surface area contributed by atoms with Gasteiger partial charge in [-0.25, -0.2) is 4.79 Å². The van der Waals surface area contributed by atoms with Crippen molar-refractivity contribution in [3.63, 3.8) is 0 Å². The summed E-state index contributed by atoms with van der Waals surface area (Å²) >= 11 is 0. The highest BCUT2D eigenvalue weighted by Gasteiger charge is 2.12. The highest BCUT2D eigenvalue weighted by Crippen LogP contribution is 2.03. The summed E-state index contributed by atoms with van der Waals surface area (Å²) in [6.07, 6.45) is -0.179. The van der Waals surface area contributed by atoms with Gasteiger partial charge in [0.1, 0.15) is 13.2 Å². The van der Waals surface area contributed by atoms with Crippen molar-refractivity contribution in [2.75, 3.05) is 13.2 Å². The SMILES string of the molecule is CC(=O)OCC(=O)OCC(=O)CCC(=O)OCc1ccccc1. The van der Waals surface area contributed by atoms with Crippen LogP contribution in [0.5, 0.6) is 0 Å². The minimum Gasteiger partial charge on any atom is -0.461 e. The fourth-order valence-electron chi connectivity index (χ4n) is 1.49. The molecule has 0 saturated carbocycles. The molecule has 0 bridgehead atoms. The topological polar surface area (TPSA) is 96.0 Å². The molecule has 1 aromatic rings. The number of ether oxygens (including phenoxy) is 3. The van der Waals surface area contributed by atoms with Gasteiger partial charge in [0.05, 0.1) is 6.42 Å². The summed E-state index contributed by atoms with van der Waals surface area (Å²) in [5.41, 5.74) is 0.853. The summed E-state index contributed by atoms with van der Waals surface area (Å²) in [6, 6.07) is 9.16. The van der Waals surface area contributed by atoms with E-state index >= 15 is 0 Å². The maximum absolute atomic E-state index is 11.5. The molecule has 0 radical (unpaired) electrons. The minimum atomic E-state index is -0.819. The molecular formula is C16H18O7. The van der Waals surface area contributed by atoms with E-state index in [0.717, 1.165) is 12.5 Å². The molecule has 0 aliphatic heterocycles. The summed E-state index contributed by atoms with van der Waals surface area (Å²) in [7, 11) is 0. The molecule has 0 N–H and O–H groups in total. The standard InChI is InChI=1S/C16H18O7/c1-12(17)21-11-16(20)23-10-14(18)7-8-15(19)22-9-13-5-3-2-4-6-13/h2-6H,7-11H2,1H3. The van der Waals surface area contributed by atoms with Gasteiger partial charge in [-0.15, -0.1) is 0 Å². The molecule has 1 aromatic carbocycles. The molecule has 124 valence electrons.